The van der Waals surface area contributed by atoms with Crippen molar-refractivity contribution in [3.63, 3.8) is 0 Å². The first kappa shape index (κ1) is 21.0. The minimum Gasteiger partial charge on any atom is -0.356 e. The maximum absolute atomic E-state index is 12.8. The number of nitriles is 1. The molecule has 0 saturated heterocycles. The summed E-state index contributed by atoms with van der Waals surface area (Å²) >= 11 is 1.65. The molecule has 0 aliphatic carbocycles. The molecule has 5 nitrogen and oxygen atoms in total. The Balaban J connectivity index is 1.67. The summed E-state index contributed by atoms with van der Waals surface area (Å²) in [6.45, 7) is 5.14. The molecule has 1 aromatic carbocycles. The van der Waals surface area contributed by atoms with E-state index >= 15 is 0 Å². The van der Waals surface area contributed by atoms with E-state index in [1.54, 1.807) is 23.9 Å². The van der Waals surface area contributed by atoms with Gasteiger partial charge in [-0.3, -0.25) is 9.48 Å². The van der Waals surface area contributed by atoms with E-state index < -0.39 is 0 Å². The van der Waals surface area contributed by atoms with Gasteiger partial charge in [0, 0.05) is 23.6 Å². The van der Waals surface area contributed by atoms with Crippen LogP contribution in [0, 0.1) is 31.0 Å². The number of nitrogens with zero attached hydrogens (tertiary/aromatic N) is 3. The fourth-order valence-electron chi connectivity index (χ4n) is 2.82. The molecule has 1 N–H and O–H groups in total. The Bertz CT molecular complexity index is 796. The number of hydrogen-bond acceptors (Lipinski definition) is 4. The molecule has 0 saturated carbocycles. The van der Waals surface area contributed by atoms with Gasteiger partial charge in [0.05, 0.1) is 24.7 Å². The second kappa shape index (κ2) is 10.7. The van der Waals surface area contributed by atoms with Crippen molar-refractivity contribution in [3.8, 4) is 6.07 Å². The molecule has 0 bridgehead atoms. The number of aryl methyl sites for hydroxylation is 2. The number of halogens is 1. The van der Waals surface area contributed by atoms with E-state index in [0.29, 0.717) is 32.4 Å². The van der Waals surface area contributed by atoms with Crippen molar-refractivity contribution in [2.24, 2.45) is 0 Å². The fourth-order valence-corrected chi connectivity index (χ4v) is 3.67. The van der Waals surface area contributed by atoms with E-state index in [-0.39, 0.29) is 11.7 Å². The van der Waals surface area contributed by atoms with Gasteiger partial charge in [-0.15, -0.1) is 11.8 Å². The van der Waals surface area contributed by atoms with Crippen LogP contribution in [0.25, 0.3) is 0 Å². The standard InChI is InChI=1S/C20H25FN4OS/c1-15-19(16(2)25(24-15)13-3-11-22)9-10-20(26)23-12-4-14-27-18-7-5-17(21)6-8-18/h5-8H,3-4,9-10,12-14H2,1-2H3,(H,23,26). The summed E-state index contributed by atoms with van der Waals surface area (Å²) in [5, 5.41) is 16.1. The first-order chi connectivity index (χ1) is 13.0. The van der Waals surface area contributed by atoms with Crippen LogP contribution in [0.2, 0.25) is 0 Å². The van der Waals surface area contributed by atoms with Crippen LogP contribution in [-0.2, 0) is 17.8 Å². The summed E-state index contributed by atoms with van der Waals surface area (Å²) in [6, 6.07) is 8.56. The lowest BCUT2D eigenvalue weighted by Gasteiger charge is -2.06. The molecule has 0 radical (unpaired) electrons. The number of nitrogens with one attached hydrogen (secondary N) is 1. The second-order valence-electron chi connectivity index (χ2n) is 6.29. The van der Waals surface area contributed by atoms with Gasteiger partial charge in [0.15, 0.2) is 0 Å². The number of carbonyl (C=O) groups is 1. The summed E-state index contributed by atoms with van der Waals surface area (Å²) in [7, 11) is 0. The topological polar surface area (TPSA) is 70.7 Å². The van der Waals surface area contributed by atoms with Crippen LogP contribution in [0.5, 0.6) is 0 Å². The lowest BCUT2D eigenvalue weighted by molar-refractivity contribution is -0.121. The van der Waals surface area contributed by atoms with E-state index in [9.17, 15) is 9.18 Å². The van der Waals surface area contributed by atoms with Crippen LogP contribution in [-0.4, -0.2) is 28.0 Å². The Morgan fingerprint density at radius 3 is 2.78 bits per heavy atom. The van der Waals surface area contributed by atoms with E-state index in [0.717, 1.165) is 34.0 Å². The molecule has 0 aliphatic rings. The number of amides is 1. The average Bonchev–Trinajstić information content (AvgIpc) is 2.92. The molecular weight excluding hydrogens is 363 g/mol. The normalized spacial score (nSPS) is 10.6. The van der Waals surface area contributed by atoms with Gasteiger partial charge in [-0.2, -0.15) is 10.4 Å². The maximum Gasteiger partial charge on any atom is 0.220 e. The molecule has 0 fully saturated rings. The van der Waals surface area contributed by atoms with Crippen LogP contribution in [0.1, 0.15) is 36.2 Å². The largest absolute Gasteiger partial charge is 0.356 e. The van der Waals surface area contributed by atoms with Gasteiger partial charge >= 0.3 is 0 Å². The van der Waals surface area contributed by atoms with Gasteiger partial charge in [-0.05, 0) is 62.3 Å². The van der Waals surface area contributed by atoms with E-state index in [1.165, 1.54) is 12.1 Å². The number of thioether (sulfide) groups is 1. The van der Waals surface area contributed by atoms with Crippen LogP contribution in [0.15, 0.2) is 29.2 Å². The summed E-state index contributed by atoms with van der Waals surface area (Å²) in [4.78, 5) is 13.1. The van der Waals surface area contributed by atoms with E-state index in [2.05, 4.69) is 16.5 Å². The Morgan fingerprint density at radius 1 is 1.33 bits per heavy atom. The summed E-state index contributed by atoms with van der Waals surface area (Å²) in [6.07, 6.45) is 2.37. The Kier molecular flexibility index (Phi) is 8.34. The van der Waals surface area contributed by atoms with Crippen molar-refractivity contribution in [1.29, 1.82) is 5.26 Å². The Morgan fingerprint density at radius 2 is 2.07 bits per heavy atom. The molecule has 0 unspecified atom stereocenters. The smallest absolute Gasteiger partial charge is 0.220 e. The predicted octanol–water partition coefficient (Wildman–Crippen LogP) is 3.78. The van der Waals surface area contributed by atoms with Crippen molar-refractivity contribution < 1.29 is 9.18 Å². The minimum absolute atomic E-state index is 0.0327. The van der Waals surface area contributed by atoms with Gasteiger partial charge in [0.2, 0.25) is 5.91 Å². The number of rotatable bonds is 10. The molecule has 2 aromatic rings. The van der Waals surface area contributed by atoms with Gasteiger partial charge in [-0.1, -0.05) is 0 Å². The predicted molar refractivity (Wildman–Crippen MR) is 105 cm³/mol. The zero-order chi connectivity index (χ0) is 19.6. The van der Waals surface area contributed by atoms with Gasteiger partial charge in [-0.25, -0.2) is 4.39 Å². The molecule has 1 amide bonds. The molecule has 0 atom stereocenters. The molecule has 27 heavy (non-hydrogen) atoms. The summed E-state index contributed by atoms with van der Waals surface area (Å²) in [5.41, 5.74) is 3.05. The zero-order valence-corrected chi connectivity index (χ0v) is 16.6. The van der Waals surface area contributed by atoms with Crippen LogP contribution < -0.4 is 5.32 Å². The third-order valence-corrected chi connectivity index (χ3v) is 5.39. The number of aromatic nitrogens is 2. The molecule has 2 rings (SSSR count). The quantitative estimate of drug-likeness (QED) is 0.497. The average molecular weight is 389 g/mol. The highest BCUT2D eigenvalue weighted by Gasteiger charge is 2.12. The third kappa shape index (κ3) is 6.72. The Labute approximate surface area is 164 Å². The number of benzene rings is 1. The van der Waals surface area contributed by atoms with Gasteiger partial charge in [0.25, 0.3) is 0 Å². The molecule has 7 heteroatoms. The second-order valence-corrected chi connectivity index (χ2v) is 7.45. The Hall–Kier alpha value is -2.33. The highest BCUT2D eigenvalue weighted by molar-refractivity contribution is 7.99. The first-order valence-electron chi connectivity index (χ1n) is 9.06. The zero-order valence-electron chi connectivity index (χ0n) is 15.8. The summed E-state index contributed by atoms with van der Waals surface area (Å²) < 4.78 is 14.7. The van der Waals surface area contributed by atoms with Crippen molar-refractivity contribution in [2.45, 2.75) is 51.0 Å². The molecule has 1 heterocycles. The molecule has 0 spiro atoms. The highest BCUT2D eigenvalue weighted by Crippen LogP contribution is 2.18. The number of carbonyl (C=O) groups excluding carboxylic acids is 1. The molecular formula is C20H25FN4OS. The van der Waals surface area contributed by atoms with Crippen LogP contribution in [0.3, 0.4) is 0 Å². The van der Waals surface area contributed by atoms with E-state index in [4.69, 9.17) is 5.26 Å². The van der Waals surface area contributed by atoms with Gasteiger partial charge < -0.3 is 5.32 Å². The van der Waals surface area contributed by atoms with Crippen LogP contribution >= 0.6 is 11.8 Å². The van der Waals surface area contributed by atoms with Crippen LogP contribution in [0.4, 0.5) is 4.39 Å². The highest BCUT2D eigenvalue weighted by atomic mass is 32.2. The SMILES string of the molecule is Cc1nn(CCC#N)c(C)c1CCC(=O)NCCCSc1ccc(F)cc1. The lowest BCUT2D eigenvalue weighted by Crippen LogP contribution is -2.25. The monoisotopic (exact) mass is 388 g/mol. The van der Waals surface area contributed by atoms with Gasteiger partial charge in [0.1, 0.15) is 5.82 Å². The van der Waals surface area contributed by atoms with Crippen molar-refractivity contribution >= 4 is 17.7 Å². The summed E-state index contributed by atoms with van der Waals surface area (Å²) in [5.74, 6) is 0.675. The first-order valence-corrected chi connectivity index (χ1v) is 10.0. The molecule has 144 valence electrons. The number of hydrogen-bond donors (Lipinski definition) is 1. The van der Waals surface area contributed by atoms with Crippen molar-refractivity contribution in [1.82, 2.24) is 15.1 Å². The minimum atomic E-state index is -0.229. The van der Waals surface area contributed by atoms with Crippen molar-refractivity contribution in [2.75, 3.05) is 12.3 Å². The third-order valence-electron chi connectivity index (χ3n) is 4.29. The van der Waals surface area contributed by atoms with E-state index in [1.807, 2.05) is 18.5 Å². The lowest BCUT2D eigenvalue weighted by atomic mass is 10.1. The van der Waals surface area contributed by atoms with Crippen molar-refractivity contribution in [3.05, 3.63) is 47.0 Å². The molecule has 1 aromatic heterocycles. The maximum atomic E-state index is 12.8. The fraction of sp³-hybridized carbons (Fsp3) is 0.450. The molecule has 0 aliphatic heterocycles.